The second-order valence-corrected chi connectivity index (χ2v) is 3.21. The van der Waals surface area contributed by atoms with Gasteiger partial charge in [0.05, 0.1) is 6.54 Å². The van der Waals surface area contributed by atoms with E-state index in [1.165, 1.54) is 0 Å². The van der Waals surface area contributed by atoms with Crippen LogP contribution in [0.4, 0.5) is 8.78 Å². The molecule has 0 aliphatic carbocycles. The first-order chi connectivity index (χ1) is 6.22. The van der Waals surface area contributed by atoms with Gasteiger partial charge in [0.2, 0.25) is 0 Å². The first-order valence-electron chi connectivity index (χ1n) is 5.23. The van der Waals surface area contributed by atoms with Gasteiger partial charge in [-0.15, -0.1) is 0 Å². The van der Waals surface area contributed by atoms with Crippen molar-refractivity contribution in [3.63, 3.8) is 0 Å². The molecule has 1 rings (SSSR count). The zero-order valence-corrected chi connectivity index (χ0v) is 8.89. The van der Waals surface area contributed by atoms with Gasteiger partial charge in [-0.3, -0.25) is 4.90 Å². The summed E-state index contributed by atoms with van der Waals surface area (Å²) in [5.74, 6) is 0.661. The average molecular weight is 193 g/mol. The quantitative estimate of drug-likeness (QED) is 0.666. The molecule has 1 heterocycles. The number of rotatable bonds is 3. The van der Waals surface area contributed by atoms with E-state index in [2.05, 4.69) is 6.92 Å². The van der Waals surface area contributed by atoms with E-state index in [1.807, 2.05) is 18.7 Å². The SMILES string of the molecule is CC.CCC1CCN(CC(F)F)C1. The van der Waals surface area contributed by atoms with Crippen molar-refractivity contribution in [2.75, 3.05) is 19.6 Å². The Labute approximate surface area is 80.1 Å². The molecule has 0 amide bonds. The van der Waals surface area contributed by atoms with E-state index in [1.54, 1.807) is 0 Å². The molecule has 1 aliphatic heterocycles. The molecule has 0 aromatic carbocycles. The molecule has 1 unspecified atom stereocenters. The van der Waals surface area contributed by atoms with Crippen molar-refractivity contribution in [1.82, 2.24) is 4.90 Å². The molecule has 1 fully saturated rings. The molecule has 0 bridgehead atoms. The number of hydrogen-bond donors (Lipinski definition) is 0. The first-order valence-corrected chi connectivity index (χ1v) is 5.23. The molecule has 0 spiro atoms. The maximum atomic E-state index is 11.9. The fourth-order valence-electron chi connectivity index (χ4n) is 1.61. The summed E-state index contributed by atoms with van der Waals surface area (Å²) in [5, 5.41) is 0. The summed E-state index contributed by atoms with van der Waals surface area (Å²) in [6, 6.07) is 0. The average Bonchev–Trinajstić information content (AvgIpc) is 2.55. The van der Waals surface area contributed by atoms with Crippen LogP contribution in [-0.4, -0.2) is 31.0 Å². The Morgan fingerprint density at radius 3 is 2.38 bits per heavy atom. The van der Waals surface area contributed by atoms with Crippen LogP contribution in [0.15, 0.2) is 0 Å². The summed E-state index contributed by atoms with van der Waals surface area (Å²) in [6.45, 7) is 7.83. The van der Waals surface area contributed by atoms with Gasteiger partial charge >= 0.3 is 0 Å². The second kappa shape index (κ2) is 7.25. The molecule has 0 N–H and O–H groups in total. The third kappa shape index (κ3) is 5.19. The first kappa shape index (κ1) is 12.8. The Hall–Kier alpha value is -0.180. The minimum absolute atomic E-state index is 0.0312. The van der Waals surface area contributed by atoms with Crippen LogP contribution < -0.4 is 0 Å². The molecule has 0 aromatic rings. The standard InChI is InChI=1S/C8H15F2N.C2H6/c1-2-7-3-4-11(5-7)6-8(9)10;1-2/h7-8H,2-6H2,1H3;1-2H3. The number of likely N-dealkylation sites (tertiary alicyclic amines) is 1. The van der Waals surface area contributed by atoms with E-state index < -0.39 is 6.43 Å². The van der Waals surface area contributed by atoms with Gasteiger partial charge in [-0.25, -0.2) is 8.78 Å². The van der Waals surface area contributed by atoms with Crippen molar-refractivity contribution >= 4 is 0 Å². The predicted molar refractivity (Wildman–Crippen MR) is 52.2 cm³/mol. The lowest BCUT2D eigenvalue weighted by Crippen LogP contribution is -2.26. The smallest absolute Gasteiger partial charge is 0.251 e. The Kier molecular flexibility index (Phi) is 7.14. The van der Waals surface area contributed by atoms with Crippen LogP contribution in [0.3, 0.4) is 0 Å². The van der Waals surface area contributed by atoms with E-state index in [0.29, 0.717) is 5.92 Å². The summed E-state index contributed by atoms with van der Waals surface area (Å²) in [6.07, 6.45) is 0.0637. The van der Waals surface area contributed by atoms with Crippen LogP contribution in [0.2, 0.25) is 0 Å². The van der Waals surface area contributed by atoms with Gasteiger partial charge < -0.3 is 0 Å². The molecule has 1 aliphatic rings. The third-order valence-corrected chi connectivity index (χ3v) is 2.34. The summed E-state index contributed by atoms with van der Waals surface area (Å²) in [7, 11) is 0. The zero-order valence-electron chi connectivity index (χ0n) is 8.89. The summed E-state index contributed by atoms with van der Waals surface area (Å²) < 4.78 is 23.8. The van der Waals surface area contributed by atoms with Crippen molar-refractivity contribution in [2.45, 2.75) is 40.0 Å². The van der Waals surface area contributed by atoms with Crippen LogP contribution in [0.1, 0.15) is 33.6 Å². The van der Waals surface area contributed by atoms with Crippen LogP contribution >= 0.6 is 0 Å². The van der Waals surface area contributed by atoms with Crippen molar-refractivity contribution in [3.05, 3.63) is 0 Å². The van der Waals surface area contributed by atoms with Crippen LogP contribution in [0.25, 0.3) is 0 Å². The molecule has 13 heavy (non-hydrogen) atoms. The minimum atomic E-state index is -2.16. The van der Waals surface area contributed by atoms with E-state index in [9.17, 15) is 8.78 Å². The predicted octanol–water partition coefficient (Wildman–Crippen LogP) is 3.01. The highest BCUT2D eigenvalue weighted by Crippen LogP contribution is 2.19. The maximum absolute atomic E-state index is 11.9. The molecule has 0 saturated carbocycles. The number of alkyl halides is 2. The monoisotopic (exact) mass is 193 g/mol. The van der Waals surface area contributed by atoms with E-state index in [4.69, 9.17) is 0 Å². The Morgan fingerprint density at radius 1 is 1.38 bits per heavy atom. The zero-order chi connectivity index (χ0) is 10.3. The highest BCUT2D eigenvalue weighted by molar-refractivity contribution is 4.74. The third-order valence-electron chi connectivity index (χ3n) is 2.34. The Bertz CT molecular complexity index is 117. The topological polar surface area (TPSA) is 3.24 Å². The minimum Gasteiger partial charge on any atom is -0.297 e. The molecule has 1 atom stereocenters. The molecule has 0 radical (unpaired) electrons. The van der Waals surface area contributed by atoms with Crippen molar-refractivity contribution in [2.24, 2.45) is 5.92 Å². The fraction of sp³-hybridized carbons (Fsp3) is 1.00. The second-order valence-electron chi connectivity index (χ2n) is 3.21. The highest BCUT2D eigenvalue weighted by Gasteiger charge is 2.22. The van der Waals surface area contributed by atoms with Crippen LogP contribution in [0.5, 0.6) is 0 Å². The van der Waals surface area contributed by atoms with E-state index in [-0.39, 0.29) is 6.54 Å². The Balaban J connectivity index is 0.000000671. The van der Waals surface area contributed by atoms with Crippen LogP contribution in [0, 0.1) is 5.92 Å². The van der Waals surface area contributed by atoms with E-state index in [0.717, 1.165) is 25.9 Å². The summed E-state index contributed by atoms with van der Waals surface area (Å²) in [5.41, 5.74) is 0. The molecular weight excluding hydrogens is 172 g/mol. The molecule has 1 saturated heterocycles. The van der Waals surface area contributed by atoms with Crippen molar-refractivity contribution in [1.29, 1.82) is 0 Å². The van der Waals surface area contributed by atoms with Gasteiger partial charge in [0.15, 0.2) is 0 Å². The van der Waals surface area contributed by atoms with Gasteiger partial charge in [-0.1, -0.05) is 27.2 Å². The van der Waals surface area contributed by atoms with Crippen LogP contribution in [-0.2, 0) is 0 Å². The molecule has 3 heteroatoms. The summed E-state index contributed by atoms with van der Waals surface area (Å²) in [4.78, 5) is 1.86. The lowest BCUT2D eigenvalue weighted by Gasteiger charge is -2.14. The maximum Gasteiger partial charge on any atom is 0.251 e. The fourth-order valence-corrected chi connectivity index (χ4v) is 1.61. The molecule has 1 nitrogen and oxygen atoms in total. The van der Waals surface area contributed by atoms with Gasteiger partial charge in [0.1, 0.15) is 0 Å². The van der Waals surface area contributed by atoms with Crippen molar-refractivity contribution in [3.8, 4) is 0 Å². The lowest BCUT2D eigenvalue weighted by atomic mass is 10.1. The Morgan fingerprint density at radius 2 is 2.00 bits per heavy atom. The van der Waals surface area contributed by atoms with Crippen molar-refractivity contribution < 1.29 is 8.78 Å². The molecular formula is C10H21F2N. The number of nitrogens with zero attached hydrogens (tertiary/aromatic N) is 1. The van der Waals surface area contributed by atoms with Gasteiger partial charge in [0.25, 0.3) is 6.43 Å². The molecule has 0 aromatic heterocycles. The normalized spacial score (nSPS) is 23.1. The number of hydrogen-bond acceptors (Lipinski definition) is 1. The number of halogens is 2. The molecule has 80 valence electrons. The van der Waals surface area contributed by atoms with Gasteiger partial charge in [-0.2, -0.15) is 0 Å². The van der Waals surface area contributed by atoms with E-state index >= 15 is 0 Å². The lowest BCUT2D eigenvalue weighted by molar-refractivity contribution is 0.0978. The highest BCUT2D eigenvalue weighted by atomic mass is 19.3. The summed E-state index contributed by atoms with van der Waals surface area (Å²) >= 11 is 0. The van der Waals surface area contributed by atoms with Gasteiger partial charge in [0, 0.05) is 6.54 Å². The van der Waals surface area contributed by atoms with Gasteiger partial charge in [-0.05, 0) is 18.9 Å². The largest absolute Gasteiger partial charge is 0.297 e.